The highest BCUT2D eigenvalue weighted by atomic mass is 35.5. The highest BCUT2D eigenvalue weighted by Gasteiger charge is 2.34. The van der Waals surface area contributed by atoms with Gasteiger partial charge in [0.15, 0.2) is 0 Å². The number of aromatic nitrogens is 2. The smallest absolute Gasteiger partial charge is 0.419 e. The zero-order valence-electron chi connectivity index (χ0n) is 31.3. The van der Waals surface area contributed by atoms with Crippen molar-refractivity contribution in [3.05, 3.63) is 125 Å². The molecule has 0 aliphatic carbocycles. The summed E-state index contributed by atoms with van der Waals surface area (Å²) in [4.78, 5) is 21.3. The monoisotopic (exact) mass is 792 g/mol. The van der Waals surface area contributed by atoms with E-state index in [0.717, 1.165) is 11.6 Å². The summed E-state index contributed by atoms with van der Waals surface area (Å²) in [6.07, 6.45) is -3.11. The Morgan fingerprint density at radius 2 is 1.54 bits per heavy atom. The number of rotatable bonds is 13. The van der Waals surface area contributed by atoms with Gasteiger partial charge in [-0.2, -0.15) is 23.3 Å². The highest BCUT2D eigenvalue weighted by Crippen LogP contribution is 2.36. The van der Waals surface area contributed by atoms with Crippen LogP contribution in [0.15, 0.2) is 101 Å². The van der Waals surface area contributed by atoms with Crippen LogP contribution in [0.25, 0.3) is 11.4 Å². The number of phenols is 1. The number of carbonyl (C=O) groups excluding carboxylic acids is 1. The molecule has 1 aliphatic rings. The van der Waals surface area contributed by atoms with Gasteiger partial charge in [-0.05, 0) is 46.4 Å². The number of nitrogens with zero attached hydrogens (tertiary/aromatic N) is 5. The van der Waals surface area contributed by atoms with Crippen molar-refractivity contribution in [2.75, 3.05) is 32.7 Å². The first-order valence-electron chi connectivity index (χ1n) is 17.8. The second-order valence-electron chi connectivity index (χ2n) is 14.3. The topological polar surface area (TPSA) is 126 Å². The number of aromatic hydroxyl groups is 1. The van der Waals surface area contributed by atoms with Gasteiger partial charge in [0.1, 0.15) is 30.5 Å². The van der Waals surface area contributed by atoms with Crippen molar-refractivity contribution in [1.82, 2.24) is 25.4 Å². The number of ether oxygens (including phenoxy) is 2. The van der Waals surface area contributed by atoms with Crippen LogP contribution in [0.3, 0.4) is 0 Å². The molecule has 1 saturated heterocycles. The lowest BCUT2D eigenvalue weighted by Gasteiger charge is -2.33. The van der Waals surface area contributed by atoms with Crippen LogP contribution >= 0.6 is 12.4 Å². The molecule has 1 fully saturated rings. The molecule has 5 aromatic rings. The van der Waals surface area contributed by atoms with Crippen LogP contribution in [0, 0.1) is 0 Å². The van der Waals surface area contributed by atoms with Gasteiger partial charge < -0.3 is 19.1 Å². The molecule has 0 unspecified atom stereocenters. The van der Waals surface area contributed by atoms with Crippen LogP contribution in [0.4, 0.5) is 13.2 Å². The standard InChI is InChI=1S/C41H43F3N6O5.ClH/c1-40(2,3)32-15-10-29(11-16-32)26-53-33-17-14-31(35(51)22-33)23-45-47-37(52)24-49-18-20-50(21-19-49)25-38-46-39(48-55-38)30-12-8-28(9-13-30)27-54-36-7-5-4-6-34(36)41(42,43)44;/h4-17,22-23,51H,18-21,24-27H2,1-3H3,(H,47,52);1H. The highest BCUT2D eigenvalue weighted by molar-refractivity contribution is 5.86. The van der Waals surface area contributed by atoms with Crippen LogP contribution in [0.5, 0.6) is 17.2 Å². The Labute approximate surface area is 329 Å². The average molecular weight is 793 g/mol. The Kier molecular flexibility index (Phi) is 13.8. The van der Waals surface area contributed by atoms with Crippen LogP contribution in [0.2, 0.25) is 0 Å². The van der Waals surface area contributed by atoms with E-state index in [0.29, 0.717) is 73.5 Å². The van der Waals surface area contributed by atoms with Gasteiger partial charge in [0.2, 0.25) is 11.7 Å². The van der Waals surface area contributed by atoms with Gasteiger partial charge in [-0.15, -0.1) is 12.4 Å². The van der Waals surface area contributed by atoms with E-state index in [1.54, 1.807) is 36.4 Å². The predicted octanol–water partition coefficient (Wildman–Crippen LogP) is 7.61. The van der Waals surface area contributed by atoms with E-state index < -0.39 is 11.7 Å². The molecule has 2 heterocycles. The summed E-state index contributed by atoms with van der Waals surface area (Å²) in [5.41, 5.74) is 5.88. The molecule has 1 aliphatic heterocycles. The zero-order chi connectivity index (χ0) is 39.0. The van der Waals surface area contributed by atoms with Gasteiger partial charge >= 0.3 is 6.18 Å². The minimum absolute atomic E-state index is 0. The first-order valence-corrected chi connectivity index (χ1v) is 17.8. The lowest BCUT2D eigenvalue weighted by Crippen LogP contribution is -2.48. The number of nitrogens with one attached hydrogen (secondary N) is 1. The third-order valence-corrected chi connectivity index (χ3v) is 9.08. The maximum atomic E-state index is 13.3. The number of hydrogen-bond donors (Lipinski definition) is 2. The minimum Gasteiger partial charge on any atom is -0.507 e. The van der Waals surface area contributed by atoms with Crippen molar-refractivity contribution in [3.8, 4) is 28.6 Å². The molecule has 0 spiro atoms. The number of amides is 1. The molecule has 1 aromatic heterocycles. The number of alkyl halides is 3. The van der Waals surface area contributed by atoms with Gasteiger partial charge in [-0.3, -0.25) is 14.6 Å². The van der Waals surface area contributed by atoms with Gasteiger partial charge in [-0.1, -0.05) is 86.6 Å². The van der Waals surface area contributed by atoms with E-state index in [-0.39, 0.29) is 48.4 Å². The number of carbonyl (C=O) groups is 1. The summed E-state index contributed by atoms with van der Waals surface area (Å²) in [6, 6.07) is 25.3. The summed E-state index contributed by atoms with van der Waals surface area (Å²) in [5.74, 6) is 0.852. The Balaban J connectivity index is 0.00000600. The fourth-order valence-electron chi connectivity index (χ4n) is 5.87. The quantitative estimate of drug-likeness (QED) is 0.0916. The van der Waals surface area contributed by atoms with Crippen LogP contribution in [-0.4, -0.2) is 69.9 Å². The number of halogens is 4. The molecule has 0 saturated carbocycles. The number of hydrazone groups is 1. The average Bonchev–Trinajstić information content (AvgIpc) is 3.63. The third kappa shape index (κ3) is 11.5. The molecule has 1 amide bonds. The molecule has 6 rings (SSSR count). The molecule has 0 radical (unpaired) electrons. The summed E-state index contributed by atoms with van der Waals surface area (Å²) < 4.78 is 56.6. The van der Waals surface area contributed by atoms with Gasteiger partial charge in [0.25, 0.3) is 5.91 Å². The molecule has 0 atom stereocenters. The Bertz CT molecular complexity index is 2080. The lowest BCUT2D eigenvalue weighted by atomic mass is 9.87. The fourth-order valence-corrected chi connectivity index (χ4v) is 5.87. The largest absolute Gasteiger partial charge is 0.507 e. The Morgan fingerprint density at radius 3 is 2.20 bits per heavy atom. The van der Waals surface area contributed by atoms with Crippen molar-refractivity contribution in [3.63, 3.8) is 0 Å². The molecule has 296 valence electrons. The van der Waals surface area contributed by atoms with Crippen LogP contribution in [-0.2, 0) is 36.1 Å². The van der Waals surface area contributed by atoms with E-state index in [2.05, 4.69) is 58.5 Å². The molecular weight excluding hydrogens is 749 g/mol. The normalized spacial score (nSPS) is 14.0. The maximum absolute atomic E-state index is 13.3. The number of benzene rings is 4. The van der Waals surface area contributed by atoms with E-state index in [9.17, 15) is 23.1 Å². The van der Waals surface area contributed by atoms with E-state index in [1.807, 2.05) is 17.0 Å². The summed E-state index contributed by atoms with van der Waals surface area (Å²) >= 11 is 0. The van der Waals surface area contributed by atoms with Crippen LogP contribution in [0.1, 0.15) is 54.5 Å². The lowest BCUT2D eigenvalue weighted by molar-refractivity contribution is -0.139. The Hall–Kier alpha value is -5.44. The number of hydrogen-bond acceptors (Lipinski definition) is 10. The van der Waals surface area contributed by atoms with Gasteiger partial charge in [0, 0.05) is 43.4 Å². The SMILES string of the molecule is CC(C)(C)c1ccc(COc2ccc(C=NNC(=O)CN3CCN(Cc4nc(-c5ccc(COc6ccccc6C(F)(F)F)cc5)no4)CC3)c(O)c2)cc1.Cl. The second-order valence-corrected chi connectivity index (χ2v) is 14.3. The third-order valence-electron chi connectivity index (χ3n) is 9.08. The number of phenolic OH excluding ortho intramolecular Hbond substituents is 1. The first-order chi connectivity index (χ1) is 26.3. The second kappa shape index (κ2) is 18.5. The maximum Gasteiger partial charge on any atom is 0.419 e. The molecule has 2 N–H and O–H groups in total. The van der Waals surface area contributed by atoms with Crippen molar-refractivity contribution in [2.45, 2.75) is 52.1 Å². The van der Waals surface area contributed by atoms with Crippen molar-refractivity contribution < 1.29 is 37.1 Å². The van der Waals surface area contributed by atoms with Gasteiger partial charge in [-0.25, -0.2) is 5.43 Å². The van der Waals surface area contributed by atoms with Gasteiger partial charge in [0.05, 0.1) is 24.9 Å². The summed E-state index contributed by atoms with van der Waals surface area (Å²) in [7, 11) is 0. The fraction of sp³-hybridized carbons (Fsp3) is 0.317. The first kappa shape index (κ1) is 41.7. The summed E-state index contributed by atoms with van der Waals surface area (Å²) in [6.45, 7) is 10.1. The minimum atomic E-state index is -4.50. The molecule has 56 heavy (non-hydrogen) atoms. The Morgan fingerprint density at radius 1 is 0.893 bits per heavy atom. The number of para-hydroxylation sites is 1. The molecule has 11 nitrogen and oxygen atoms in total. The van der Waals surface area contributed by atoms with E-state index in [4.69, 9.17) is 14.0 Å². The van der Waals surface area contributed by atoms with Crippen molar-refractivity contribution >= 4 is 24.5 Å². The van der Waals surface area contributed by atoms with E-state index >= 15 is 0 Å². The van der Waals surface area contributed by atoms with Crippen LogP contribution < -0.4 is 14.9 Å². The molecule has 0 bridgehead atoms. The summed E-state index contributed by atoms with van der Waals surface area (Å²) in [5, 5.41) is 18.6. The molecular formula is C41H44ClF3N6O5. The zero-order valence-corrected chi connectivity index (χ0v) is 32.1. The molecule has 15 heteroatoms. The predicted molar refractivity (Wildman–Crippen MR) is 208 cm³/mol. The number of piperazine rings is 1. The van der Waals surface area contributed by atoms with Crippen molar-refractivity contribution in [1.29, 1.82) is 0 Å². The van der Waals surface area contributed by atoms with Crippen molar-refractivity contribution in [2.24, 2.45) is 5.10 Å². The molecule has 4 aromatic carbocycles. The van der Waals surface area contributed by atoms with E-state index in [1.165, 1.54) is 36.0 Å².